The van der Waals surface area contributed by atoms with E-state index >= 15 is 0 Å². The Balaban J connectivity index is 2.86. The molecule has 1 aromatic rings. The van der Waals surface area contributed by atoms with E-state index < -0.39 is 0 Å². The van der Waals surface area contributed by atoms with Crippen LogP contribution in [0.1, 0.15) is 24.8 Å². The first-order valence-electron chi connectivity index (χ1n) is 5.33. The third-order valence-electron chi connectivity index (χ3n) is 2.50. The summed E-state index contributed by atoms with van der Waals surface area (Å²) in [5.41, 5.74) is 11.1. The maximum Gasteiger partial charge on any atom is 0.231 e. The molecule has 0 saturated carbocycles. The maximum absolute atomic E-state index is 11.0. The van der Waals surface area contributed by atoms with E-state index in [0.717, 1.165) is 0 Å². The van der Waals surface area contributed by atoms with Crippen molar-refractivity contribution in [3.05, 3.63) is 22.4 Å². The molecule has 0 fully saturated rings. The van der Waals surface area contributed by atoms with Crippen LogP contribution in [0.3, 0.4) is 0 Å². The van der Waals surface area contributed by atoms with Crippen molar-refractivity contribution in [1.82, 2.24) is 4.90 Å². The number of rotatable bonds is 6. The van der Waals surface area contributed by atoms with Gasteiger partial charge in [0, 0.05) is 17.5 Å². The van der Waals surface area contributed by atoms with Gasteiger partial charge < -0.3 is 11.5 Å². The second kappa shape index (κ2) is 5.98. The van der Waals surface area contributed by atoms with Crippen molar-refractivity contribution in [2.45, 2.75) is 25.9 Å². The molecule has 0 aliphatic heterocycles. The lowest BCUT2D eigenvalue weighted by Crippen LogP contribution is -2.43. The lowest BCUT2D eigenvalue weighted by atomic mass is 10.1. The highest BCUT2D eigenvalue weighted by atomic mass is 32.1. The van der Waals surface area contributed by atoms with Gasteiger partial charge >= 0.3 is 0 Å². The zero-order valence-electron chi connectivity index (χ0n) is 9.72. The molecule has 4 N–H and O–H groups in total. The number of carbonyl (C=O) groups is 1. The molecule has 1 rings (SSSR count). The van der Waals surface area contributed by atoms with Gasteiger partial charge in [-0.25, -0.2) is 0 Å². The number of carbonyl (C=O) groups excluding carboxylic acids is 1. The second-order valence-electron chi connectivity index (χ2n) is 4.00. The lowest BCUT2D eigenvalue weighted by Gasteiger charge is -2.32. The third-order valence-corrected chi connectivity index (χ3v) is 3.47. The summed E-state index contributed by atoms with van der Waals surface area (Å²) in [4.78, 5) is 14.3. The standard InChI is InChI=1S/C11H19N3OS/c1-8(2)14(7-11(13)15)9(6-12)10-4-3-5-16-10/h3-5,8-9H,6-7,12H2,1-2H3,(H2,13,15). The molecule has 5 heteroatoms. The van der Waals surface area contributed by atoms with E-state index in [0.29, 0.717) is 6.54 Å². The monoisotopic (exact) mass is 241 g/mol. The molecule has 0 aliphatic carbocycles. The molecule has 1 unspecified atom stereocenters. The number of hydrogen-bond acceptors (Lipinski definition) is 4. The lowest BCUT2D eigenvalue weighted by molar-refractivity contribution is -0.120. The van der Waals surface area contributed by atoms with Crippen LogP contribution in [0.5, 0.6) is 0 Å². The first-order chi connectivity index (χ1) is 7.56. The first-order valence-corrected chi connectivity index (χ1v) is 6.21. The van der Waals surface area contributed by atoms with Gasteiger partial charge in [-0.1, -0.05) is 6.07 Å². The Bertz CT molecular complexity index is 324. The normalized spacial score (nSPS) is 13.3. The first kappa shape index (κ1) is 13.2. The quantitative estimate of drug-likeness (QED) is 0.778. The van der Waals surface area contributed by atoms with Gasteiger partial charge in [-0.3, -0.25) is 9.69 Å². The summed E-state index contributed by atoms with van der Waals surface area (Å²) in [6.07, 6.45) is 0. The van der Waals surface area contributed by atoms with Gasteiger partial charge in [-0.2, -0.15) is 0 Å². The zero-order chi connectivity index (χ0) is 12.1. The van der Waals surface area contributed by atoms with Crippen molar-refractivity contribution in [3.63, 3.8) is 0 Å². The van der Waals surface area contributed by atoms with Crippen LogP contribution < -0.4 is 11.5 Å². The number of nitrogens with zero attached hydrogens (tertiary/aromatic N) is 1. The summed E-state index contributed by atoms with van der Waals surface area (Å²) in [5, 5.41) is 2.01. The molecule has 1 aromatic heterocycles. The minimum absolute atomic E-state index is 0.0764. The smallest absolute Gasteiger partial charge is 0.231 e. The molecular weight excluding hydrogens is 222 g/mol. The van der Waals surface area contributed by atoms with Crippen LogP contribution >= 0.6 is 11.3 Å². The molecule has 1 heterocycles. The van der Waals surface area contributed by atoms with Crippen molar-refractivity contribution < 1.29 is 4.79 Å². The maximum atomic E-state index is 11.0. The predicted octanol–water partition coefficient (Wildman–Crippen LogP) is 0.944. The van der Waals surface area contributed by atoms with Crippen LogP contribution in [-0.2, 0) is 4.79 Å². The molecule has 1 atom stereocenters. The van der Waals surface area contributed by atoms with Gasteiger partial charge in [0.25, 0.3) is 0 Å². The van der Waals surface area contributed by atoms with E-state index in [1.54, 1.807) is 11.3 Å². The molecule has 0 radical (unpaired) electrons. The summed E-state index contributed by atoms with van der Waals surface area (Å²) in [6.45, 7) is 4.82. The summed E-state index contributed by atoms with van der Waals surface area (Å²) in [6, 6.07) is 4.35. The summed E-state index contributed by atoms with van der Waals surface area (Å²) in [7, 11) is 0. The molecule has 0 spiro atoms. The topological polar surface area (TPSA) is 72.3 Å². The van der Waals surface area contributed by atoms with Crippen LogP contribution in [0.2, 0.25) is 0 Å². The van der Waals surface area contributed by atoms with Gasteiger partial charge in [0.2, 0.25) is 5.91 Å². The van der Waals surface area contributed by atoms with E-state index in [1.807, 2.05) is 36.3 Å². The number of thiophene rings is 1. The minimum Gasteiger partial charge on any atom is -0.369 e. The molecule has 0 saturated heterocycles. The largest absolute Gasteiger partial charge is 0.369 e. The van der Waals surface area contributed by atoms with Gasteiger partial charge in [0.1, 0.15) is 0 Å². The Morgan fingerprint density at radius 2 is 2.25 bits per heavy atom. The molecular formula is C11H19N3OS. The van der Waals surface area contributed by atoms with Crippen molar-refractivity contribution >= 4 is 17.2 Å². The molecule has 0 aromatic carbocycles. The molecule has 16 heavy (non-hydrogen) atoms. The Morgan fingerprint density at radius 1 is 1.56 bits per heavy atom. The van der Waals surface area contributed by atoms with Gasteiger partial charge in [-0.15, -0.1) is 11.3 Å². The predicted molar refractivity (Wildman–Crippen MR) is 67.2 cm³/mol. The molecule has 0 bridgehead atoms. The Hall–Kier alpha value is -0.910. The van der Waals surface area contributed by atoms with Crippen molar-refractivity contribution in [2.24, 2.45) is 11.5 Å². The number of primary amides is 1. The average Bonchev–Trinajstić information content (AvgIpc) is 2.70. The van der Waals surface area contributed by atoms with Crippen molar-refractivity contribution in [3.8, 4) is 0 Å². The molecule has 90 valence electrons. The highest BCUT2D eigenvalue weighted by molar-refractivity contribution is 7.10. The highest BCUT2D eigenvalue weighted by Crippen LogP contribution is 2.25. The number of amides is 1. The van der Waals surface area contributed by atoms with Crippen molar-refractivity contribution in [2.75, 3.05) is 13.1 Å². The van der Waals surface area contributed by atoms with E-state index in [4.69, 9.17) is 11.5 Å². The van der Waals surface area contributed by atoms with E-state index in [1.165, 1.54) is 4.88 Å². The van der Waals surface area contributed by atoms with Crippen LogP contribution in [0.4, 0.5) is 0 Å². The SMILES string of the molecule is CC(C)N(CC(N)=O)C(CN)c1cccs1. The summed E-state index contributed by atoms with van der Waals surface area (Å²) in [5.74, 6) is -0.316. The van der Waals surface area contributed by atoms with E-state index in [2.05, 4.69) is 0 Å². The fourth-order valence-corrected chi connectivity index (χ4v) is 2.59. The second-order valence-corrected chi connectivity index (χ2v) is 4.98. The van der Waals surface area contributed by atoms with Gasteiger partial charge in [0.15, 0.2) is 0 Å². The molecule has 1 amide bonds. The summed E-state index contributed by atoms with van der Waals surface area (Å²) < 4.78 is 0. The van der Waals surface area contributed by atoms with Crippen LogP contribution in [0, 0.1) is 0 Å². The molecule has 0 aliphatic rings. The summed E-state index contributed by atoms with van der Waals surface area (Å²) >= 11 is 1.65. The third kappa shape index (κ3) is 3.30. The van der Waals surface area contributed by atoms with Gasteiger partial charge in [0.05, 0.1) is 12.6 Å². The van der Waals surface area contributed by atoms with Gasteiger partial charge in [-0.05, 0) is 25.3 Å². The molecule has 4 nitrogen and oxygen atoms in total. The average molecular weight is 241 g/mol. The fourth-order valence-electron chi connectivity index (χ4n) is 1.73. The minimum atomic E-state index is -0.316. The number of nitrogens with two attached hydrogens (primary N) is 2. The Kier molecular flexibility index (Phi) is 4.92. The van der Waals surface area contributed by atoms with Crippen molar-refractivity contribution in [1.29, 1.82) is 0 Å². The highest BCUT2D eigenvalue weighted by Gasteiger charge is 2.23. The fraction of sp³-hybridized carbons (Fsp3) is 0.545. The van der Waals surface area contributed by atoms with Crippen LogP contribution in [0.25, 0.3) is 0 Å². The Morgan fingerprint density at radius 3 is 2.62 bits per heavy atom. The van der Waals surface area contributed by atoms with E-state index in [-0.39, 0.29) is 24.5 Å². The van der Waals surface area contributed by atoms with Crippen LogP contribution in [-0.4, -0.2) is 29.9 Å². The van der Waals surface area contributed by atoms with Crippen LogP contribution in [0.15, 0.2) is 17.5 Å². The Labute approximate surface area is 100 Å². The zero-order valence-corrected chi connectivity index (χ0v) is 10.5. The number of hydrogen-bond donors (Lipinski definition) is 2. The van der Waals surface area contributed by atoms with E-state index in [9.17, 15) is 4.79 Å².